The Morgan fingerprint density at radius 3 is 2.80 bits per heavy atom. The molecule has 1 N–H and O–H groups in total. The molecule has 0 spiro atoms. The standard InChI is InChI=1S/C19H20N2O3S/c1-11-14(5-6-16(20-11)13-7-8-25-10-13)18(22)21-9-12-3-2-4-15(12)17(21)19(23)24/h5-8,10,12,15,17H,2-4,9H2,1H3,(H,23,24). The number of carbonyl (C=O) groups is 2. The number of thiophene rings is 1. The molecule has 3 unspecified atom stereocenters. The third-order valence-electron chi connectivity index (χ3n) is 5.54. The van der Waals surface area contributed by atoms with E-state index in [0.29, 0.717) is 23.7 Å². The maximum Gasteiger partial charge on any atom is 0.326 e. The zero-order chi connectivity index (χ0) is 17.6. The number of pyridine rings is 1. The lowest BCUT2D eigenvalue weighted by Crippen LogP contribution is -2.43. The van der Waals surface area contributed by atoms with Crippen molar-refractivity contribution in [2.45, 2.75) is 32.2 Å². The van der Waals surface area contributed by atoms with Gasteiger partial charge in [-0.1, -0.05) is 6.42 Å². The number of rotatable bonds is 3. The maximum atomic E-state index is 13.0. The zero-order valence-electron chi connectivity index (χ0n) is 14.0. The summed E-state index contributed by atoms with van der Waals surface area (Å²) in [4.78, 5) is 30.9. The highest BCUT2D eigenvalue weighted by molar-refractivity contribution is 7.08. The minimum Gasteiger partial charge on any atom is -0.480 e. The Morgan fingerprint density at radius 1 is 1.28 bits per heavy atom. The van der Waals surface area contributed by atoms with Crippen LogP contribution in [0.5, 0.6) is 0 Å². The number of hydrogen-bond acceptors (Lipinski definition) is 4. The monoisotopic (exact) mass is 356 g/mol. The molecule has 25 heavy (non-hydrogen) atoms. The molecule has 1 aliphatic carbocycles. The number of carbonyl (C=O) groups excluding carboxylic acids is 1. The molecule has 2 aromatic heterocycles. The Labute approximate surface area is 150 Å². The first-order valence-electron chi connectivity index (χ1n) is 8.60. The number of carboxylic acid groups (broad SMARTS) is 1. The van der Waals surface area contributed by atoms with Crippen LogP contribution in [0.2, 0.25) is 0 Å². The molecule has 1 saturated carbocycles. The zero-order valence-corrected chi connectivity index (χ0v) is 14.8. The number of aliphatic carboxylic acids is 1. The van der Waals surface area contributed by atoms with Crippen LogP contribution in [0.15, 0.2) is 29.0 Å². The van der Waals surface area contributed by atoms with Crippen LogP contribution < -0.4 is 0 Å². The Hall–Kier alpha value is -2.21. The van der Waals surface area contributed by atoms with Crippen molar-refractivity contribution in [2.24, 2.45) is 11.8 Å². The first-order chi connectivity index (χ1) is 12.1. The van der Waals surface area contributed by atoms with Crippen molar-refractivity contribution in [3.63, 3.8) is 0 Å². The third-order valence-corrected chi connectivity index (χ3v) is 6.22. The van der Waals surface area contributed by atoms with Gasteiger partial charge in [0, 0.05) is 17.5 Å². The summed E-state index contributed by atoms with van der Waals surface area (Å²) in [6.07, 6.45) is 2.99. The van der Waals surface area contributed by atoms with Gasteiger partial charge in [0.15, 0.2) is 0 Å². The number of nitrogens with zero attached hydrogens (tertiary/aromatic N) is 2. The van der Waals surface area contributed by atoms with Crippen LogP contribution in [0, 0.1) is 18.8 Å². The molecule has 5 nitrogen and oxygen atoms in total. The molecule has 1 saturated heterocycles. The molecule has 6 heteroatoms. The molecule has 3 heterocycles. The number of aromatic nitrogens is 1. The smallest absolute Gasteiger partial charge is 0.326 e. The summed E-state index contributed by atoms with van der Waals surface area (Å²) < 4.78 is 0. The number of fused-ring (bicyclic) bond motifs is 1. The number of amides is 1. The van der Waals surface area contributed by atoms with Gasteiger partial charge in [-0.05, 0) is 55.2 Å². The highest BCUT2D eigenvalue weighted by atomic mass is 32.1. The predicted molar refractivity (Wildman–Crippen MR) is 95.6 cm³/mol. The first-order valence-corrected chi connectivity index (χ1v) is 9.54. The second kappa shape index (κ2) is 6.26. The van der Waals surface area contributed by atoms with E-state index in [1.807, 2.05) is 29.8 Å². The summed E-state index contributed by atoms with van der Waals surface area (Å²) in [7, 11) is 0. The summed E-state index contributed by atoms with van der Waals surface area (Å²) in [5.74, 6) is -0.671. The van der Waals surface area contributed by atoms with E-state index in [-0.39, 0.29) is 11.8 Å². The number of likely N-dealkylation sites (tertiary alicyclic amines) is 1. The van der Waals surface area contributed by atoms with Gasteiger partial charge in [0.2, 0.25) is 0 Å². The fraction of sp³-hybridized carbons (Fsp3) is 0.421. The lowest BCUT2D eigenvalue weighted by Gasteiger charge is -2.25. The van der Waals surface area contributed by atoms with E-state index < -0.39 is 12.0 Å². The van der Waals surface area contributed by atoms with Gasteiger partial charge in [-0.3, -0.25) is 9.78 Å². The van der Waals surface area contributed by atoms with Gasteiger partial charge < -0.3 is 10.0 Å². The molecule has 2 aromatic rings. The van der Waals surface area contributed by atoms with E-state index in [4.69, 9.17) is 0 Å². The van der Waals surface area contributed by atoms with Gasteiger partial charge in [0.1, 0.15) is 6.04 Å². The predicted octanol–water partition coefficient (Wildman–Crippen LogP) is 3.44. The average molecular weight is 356 g/mol. The fourth-order valence-corrected chi connectivity index (χ4v) is 4.99. The van der Waals surface area contributed by atoms with E-state index in [9.17, 15) is 14.7 Å². The van der Waals surface area contributed by atoms with E-state index in [0.717, 1.165) is 30.5 Å². The van der Waals surface area contributed by atoms with Crippen LogP contribution in [-0.4, -0.2) is 39.5 Å². The number of carboxylic acids is 1. The van der Waals surface area contributed by atoms with Crippen LogP contribution in [0.25, 0.3) is 11.3 Å². The number of aryl methyl sites for hydroxylation is 1. The van der Waals surface area contributed by atoms with Gasteiger partial charge in [-0.25, -0.2) is 4.79 Å². The normalized spacial score (nSPS) is 25.2. The fourth-order valence-electron chi connectivity index (χ4n) is 4.34. The van der Waals surface area contributed by atoms with Crippen molar-refractivity contribution in [1.29, 1.82) is 0 Å². The molecule has 2 fully saturated rings. The van der Waals surface area contributed by atoms with Gasteiger partial charge in [-0.2, -0.15) is 11.3 Å². The largest absolute Gasteiger partial charge is 0.480 e. The summed E-state index contributed by atoms with van der Waals surface area (Å²) >= 11 is 1.60. The minimum atomic E-state index is -0.886. The third kappa shape index (κ3) is 2.74. The van der Waals surface area contributed by atoms with E-state index >= 15 is 0 Å². The lowest BCUT2D eigenvalue weighted by atomic mass is 9.94. The minimum absolute atomic E-state index is 0.0970. The molecule has 4 rings (SSSR count). The van der Waals surface area contributed by atoms with Gasteiger partial charge >= 0.3 is 5.97 Å². The maximum absolute atomic E-state index is 13.0. The van der Waals surface area contributed by atoms with Crippen molar-refractivity contribution in [1.82, 2.24) is 9.88 Å². The van der Waals surface area contributed by atoms with Crippen molar-refractivity contribution < 1.29 is 14.7 Å². The van der Waals surface area contributed by atoms with Gasteiger partial charge in [0.25, 0.3) is 5.91 Å². The second-order valence-corrected chi connectivity index (χ2v) is 7.72. The van der Waals surface area contributed by atoms with E-state index in [1.165, 1.54) is 0 Å². The van der Waals surface area contributed by atoms with Crippen molar-refractivity contribution in [3.8, 4) is 11.3 Å². The number of hydrogen-bond donors (Lipinski definition) is 1. The molecular formula is C19H20N2O3S. The molecule has 3 atom stereocenters. The summed E-state index contributed by atoms with van der Waals surface area (Å²) in [5, 5.41) is 13.7. The quantitative estimate of drug-likeness (QED) is 0.914. The van der Waals surface area contributed by atoms with E-state index in [1.54, 1.807) is 22.3 Å². The van der Waals surface area contributed by atoms with Crippen LogP contribution in [0.4, 0.5) is 0 Å². The van der Waals surface area contributed by atoms with E-state index in [2.05, 4.69) is 4.98 Å². The molecule has 2 aliphatic rings. The molecular weight excluding hydrogens is 336 g/mol. The first kappa shape index (κ1) is 16.3. The topological polar surface area (TPSA) is 70.5 Å². The highest BCUT2D eigenvalue weighted by Gasteiger charge is 2.49. The van der Waals surface area contributed by atoms with Crippen molar-refractivity contribution in [3.05, 3.63) is 40.2 Å². The SMILES string of the molecule is Cc1nc(-c2ccsc2)ccc1C(=O)N1CC2CCCC2C1C(=O)O. The van der Waals surface area contributed by atoms with Crippen molar-refractivity contribution in [2.75, 3.05) is 6.54 Å². The molecule has 1 aliphatic heterocycles. The Morgan fingerprint density at radius 2 is 2.12 bits per heavy atom. The van der Waals surface area contributed by atoms with Crippen LogP contribution >= 0.6 is 11.3 Å². The summed E-state index contributed by atoms with van der Waals surface area (Å²) in [6, 6.07) is 4.92. The summed E-state index contributed by atoms with van der Waals surface area (Å²) in [6.45, 7) is 2.36. The lowest BCUT2D eigenvalue weighted by molar-refractivity contribution is -0.142. The Bertz CT molecular complexity index is 818. The highest BCUT2D eigenvalue weighted by Crippen LogP contribution is 2.42. The van der Waals surface area contributed by atoms with Crippen LogP contribution in [-0.2, 0) is 4.79 Å². The second-order valence-electron chi connectivity index (χ2n) is 6.94. The molecule has 130 valence electrons. The molecule has 0 bridgehead atoms. The van der Waals surface area contributed by atoms with Crippen LogP contribution in [0.1, 0.15) is 35.3 Å². The molecule has 0 aromatic carbocycles. The Kier molecular flexibility index (Phi) is 4.07. The van der Waals surface area contributed by atoms with Crippen LogP contribution in [0.3, 0.4) is 0 Å². The Balaban J connectivity index is 1.63. The van der Waals surface area contributed by atoms with Crippen molar-refractivity contribution >= 4 is 23.2 Å². The molecule has 0 radical (unpaired) electrons. The van der Waals surface area contributed by atoms with Gasteiger partial charge in [-0.15, -0.1) is 0 Å². The van der Waals surface area contributed by atoms with Gasteiger partial charge in [0.05, 0.1) is 17.0 Å². The summed E-state index contributed by atoms with van der Waals surface area (Å²) in [5.41, 5.74) is 3.02. The molecule has 1 amide bonds. The average Bonchev–Trinajstić information content (AvgIpc) is 3.30.